The van der Waals surface area contributed by atoms with Crippen molar-refractivity contribution >= 4 is 6.09 Å². The average molecular weight is 398 g/mol. The first-order valence-corrected chi connectivity index (χ1v) is 11.9. The number of hydrogen-bond donors (Lipinski definition) is 0. The highest BCUT2D eigenvalue weighted by atomic mass is 16.6. The topological polar surface area (TPSA) is 54.0 Å². The van der Waals surface area contributed by atoms with Gasteiger partial charge >= 0.3 is 6.09 Å². The van der Waals surface area contributed by atoms with Crippen LogP contribution in [-0.4, -0.2) is 40.8 Å². The fraction of sp³-hybridized carbons (Fsp3) is 0.958. The molecule has 0 radical (unpaired) electrons. The second-order valence-corrected chi connectivity index (χ2v) is 12.9. The number of piperidine rings is 1. The molecule has 0 unspecified atom stereocenters. The molecule has 2 aliphatic heterocycles. The molecule has 0 spiro atoms. The van der Waals surface area contributed by atoms with Crippen LogP contribution in [0.25, 0.3) is 0 Å². The highest BCUT2D eigenvalue weighted by molar-refractivity contribution is 5.73. The van der Waals surface area contributed by atoms with Crippen molar-refractivity contribution in [3.8, 4) is 0 Å². The monoisotopic (exact) mass is 397 g/mol. The molecule has 5 saturated carbocycles. The Balaban J connectivity index is 1.32. The molecular formula is C24H35N3O2. The van der Waals surface area contributed by atoms with Crippen LogP contribution in [0.5, 0.6) is 0 Å². The van der Waals surface area contributed by atoms with Crippen LogP contribution in [0, 0.1) is 58.2 Å². The zero-order chi connectivity index (χ0) is 20.5. The molecule has 1 amide bonds. The average Bonchev–Trinajstić information content (AvgIpc) is 2.84. The quantitative estimate of drug-likeness (QED) is 0.479. The van der Waals surface area contributed by atoms with Gasteiger partial charge in [-0.15, -0.1) is 0 Å². The Morgan fingerprint density at radius 1 is 0.897 bits per heavy atom. The van der Waals surface area contributed by atoms with Gasteiger partial charge in [-0.2, -0.15) is 10.2 Å². The van der Waals surface area contributed by atoms with E-state index in [1.165, 1.54) is 6.42 Å². The first kappa shape index (κ1) is 17.5. The summed E-state index contributed by atoms with van der Waals surface area (Å²) >= 11 is 0. The summed E-state index contributed by atoms with van der Waals surface area (Å²) < 4.78 is 5.39. The molecule has 5 aliphatic carbocycles. The number of azo groups is 1. The molecule has 0 aromatic carbocycles. The molecule has 5 nitrogen and oxygen atoms in total. The van der Waals surface area contributed by atoms with Crippen molar-refractivity contribution in [3.63, 3.8) is 0 Å². The van der Waals surface area contributed by atoms with Crippen LogP contribution in [0.2, 0.25) is 0 Å². The third-order valence-electron chi connectivity index (χ3n) is 12.2. The molecule has 29 heavy (non-hydrogen) atoms. The van der Waals surface area contributed by atoms with Gasteiger partial charge in [0.2, 0.25) is 0 Å². The SMILES string of the molecule is CCOC(=O)N1[C@@H]2[C@@H]3C[C@@H]([C@H]4[C@@H]3[C@@H]3[C@@H]5[C@H]([C@H]4C3(C)C)[C@]3(C)N=N[C@@]5(C)C3(C)C)[C@@H]21. The van der Waals surface area contributed by atoms with Crippen molar-refractivity contribution in [2.45, 2.75) is 78.0 Å². The molecule has 1 saturated heterocycles. The molecule has 0 aromatic heterocycles. The first-order chi connectivity index (χ1) is 13.5. The maximum atomic E-state index is 12.5. The lowest BCUT2D eigenvalue weighted by Crippen LogP contribution is -2.47. The van der Waals surface area contributed by atoms with E-state index in [-0.39, 0.29) is 22.6 Å². The van der Waals surface area contributed by atoms with Gasteiger partial charge < -0.3 is 4.74 Å². The van der Waals surface area contributed by atoms with Gasteiger partial charge in [0.1, 0.15) is 0 Å². The fourth-order valence-corrected chi connectivity index (χ4v) is 11.0. The van der Waals surface area contributed by atoms with Crippen LogP contribution in [0.1, 0.15) is 54.9 Å². The predicted molar refractivity (Wildman–Crippen MR) is 108 cm³/mol. The van der Waals surface area contributed by atoms with Gasteiger partial charge in [0, 0.05) is 5.41 Å². The molecule has 7 rings (SSSR count). The van der Waals surface area contributed by atoms with Gasteiger partial charge in [-0.05, 0) is 80.0 Å². The summed E-state index contributed by atoms with van der Waals surface area (Å²) in [6, 6.07) is 0.927. The smallest absolute Gasteiger partial charge is 0.410 e. The van der Waals surface area contributed by atoms with Gasteiger partial charge in [-0.25, -0.2) is 4.79 Å². The molecular weight excluding hydrogens is 362 g/mol. The number of fused-ring (bicyclic) bond motifs is 19. The summed E-state index contributed by atoms with van der Waals surface area (Å²) in [4.78, 5) is 14.6. The minimum atomic E-state index is -0.0610. The summed E-state index contributed by atoms with van der Waals surface area (Å²) in [5.41, 5.74) is 0.404. The fourth-order valence-electron chi connectivity index (χ4n) is 11.0. The van der Waals surface area contributed by atoms with Gasteiger partial charge in [0.15, 0.2) is 0 Å². The molecule has 6 bridgehead atoms. The zero-order valence-corrected chi connectivity index (χ0v) is 18.8. The van der Waals surface area contributed by atoms with E-state index >= 15 is 0 Å². The van der Waals surface area contributed by atoms with Crippen molar-refractivity contribution in [2.75, 3.05) is 6.61 Å². The van der Waals surface area contributed by atoms with Crippen LogP contribution in [-0.2, 0) is 4.74 Å². The Morgan fingerprint density at radius 3 is 1.83 bits per heavy atom. The Labute approximate surface area is 174 Å². The number of ether oxygens (including phenoxy) is 1. The van der Waals surface area contributed by atoms with Crippen LogP contribution in [0.3, 0.4) is 0 Å². The van der Waals surface area contributed by atoms with Crippen molar-refractivity contribution in [3.05, 3.63) is 0 Å². The van der Waals surface area contributed by atoms with Crippen molar-refractivity contribution in [2.24, 2.45) is 68.4 Å². The molecule has 5 heteroatoms. The summed E-state index contributed by atoms with van der Waals surface area (Å²) in [6.45, 7) is 17.2. The summed E-state index contributed by atoms with van der Waals surface area (Å²) in [5.74, 6) is 5.64. The van der Waals surface area contributed by atoms with E-state index in [2.05, 4.69) is 46.4 Å². The van der Waals surface area contributed by atoms with E-state index < -0.39 is 0 Å². The second kappa shape index (κ2) is 4.41. The number of likely N-dealkylation sites (tertiary alicyclic amines) is 1. The van der Waals surface area contributed by atoms with Crippen LogP contribution in [0.15, 0.2) is 10.2 Å². The van der Waals surface area contributed by atoms with E-state index in [0.29, 0.717) is 59.6 Å². The van der Waals surface area contributed by atoms with Crippen molar-refractivity contribution in [1.82, 2.24) is 4.90 Å². The summed E-state index contributed by atoms with van der Waals surface area (Å²) in [6.07, 6.45) is 1.28. The van der Waals surface area contributed by atoms with E-state index in [9.17, 15) is 4.79 Å². The lowest BCUT2D eigenvalue weighted by molar-refractivity contribution is 0.0324. The molecule has 6 fully saturated rings. The molecule has 12 atom stereocenters. The van der Waals surface area contributed by atoms with Gasteiger partial charge in [-0.3, -0.25) is 4.90 Å². The van der Waals surface area contributed by atoms with Crippen molar-refractivity contribution < 1.29 is 9.53 Å². The van der Waals surface area contributed by atoms with Gasteiger partial charge in [0.25, 0.3) is 0 Å². The maximum Gasteiger partial charge on any atom is 0.410 e. The minimum absolute atomic E-state index is 0.0420. The zero-order valence-electron chi connectivity index (χ0n) is 18.8. The molecule has 158 valence electrons. The highest BCUT2D eigenvalue weighted by Crippen LogP contribution is 2.86. The summed E-state index contributed by atoms with van der Waals surface area (Å²) in [7, 11) is 0. The minimum Gasteiger partial charge on any atom is -0.450 e. The Morgan fingerprint density at radius 2 is 1.38 bits per heavy atom. The third kappa shape index (κ3) is 1.40. The van der Waals surface area contributed by atoms with Crippen LogP contribution < -0.4 is 0 Å². The van der Waals surface area contributed by atoms with Gasteiger partial charge in [-0.1, -0.05) is 27.7 Å². The lowest BCUT2D eigenvalue weighted by atomic mass is 9.60. The summed E-state index contributed by atoms with van der Waals surface area (Å²) in [5, 5.41) is 10.0. The largest absolute Gasteiger partial charge is 0.450 e. The Kier molecular flexibility index (Phi) is 2.67. The van der Waals surface area contributed by atoms with E-state index in [4.69, 9.17) is 15.0 Å². The second-order valence-electron chi connectivity index (χ2n) is 12.9. The number of rotatable bonds is 1. The lowest BCUT2D eigenvalue weighted by Gasteiger charge is -2.46. The molecule has 0 N–H and O–H groups in total. The van der Waals surface area contributed by atoms with Gasteiger partial charge in [0.05, 0.1) is 29.8 Å². The number of carbonyl (C=O) groups is 1. The maximum absolute atomic E-state index is 12.5. The van der Waals surface area contributed by atoms with E-state index in [1.54, 1.807) is 0 Å². The Bertz CT molecular complexity index is 825. The first-order valence-electron chi connectivity index (χ1n) is 11.9. The van der Waals surface area contributed by atoms with E-state index in [0.717, 1.165) is 11.8 Å². The number of hydrogen-bond acceptors (Lipinski definition) is 4. The number of nitrogens with zero attached hydrogens (tertiary/aromatic N) is 3. The molecule has 2 heterocycles. The number of amides is 1. The highest BCUT2D eigenvalue weighted by Gasteiger charge is 2.88. The molecule has 7 aliphatic rings. The predicted octanol–water partition coefficient (Wildman–Crippen LogP) is 4.62. The van der Waals surface area contributed by atoms with Crippen LogP contribution >= 0.6 is 0 Å². The standard InChI is InChI=1S/C24H35N3O2/c1-8-29-20(28)27-18-10-9-11(19(18)27)13-12(10)14-16-17(15(13)21(14,2)3)24(7)22(4,5)23(16,6)25-26-24/h10-19H,8-9H2,1-7H3/t10-,11+,12-,13+,14-,15+,16-,17+,18-,19+,23-,24+,27?. The van der Waals surface area contributed by atoms with E-state index in [1.807, 2.05) is 6.92 Å². The Hall–Kier alpha value is -1.13. The van der Waals surface area contributed by atoms with Crippen LogP contribution in [0.4, 0.5) is 4.79 Å². The number of carbonyl (C=O) groups excluding carboxylic acids is 1. The molecule has 0 aromatic rings. The van der Waals surface area contributed by atoms with Crippen molar-refractivity contribution in [1.29, 1.82) is 0 Å². The normalized spacial score (nSPS) is 62.4. The third-order valence-corrected chi connectivity index (χ3v) is 12.2.